The van der Waals surface area contributed by atoms with Crippen LogP contribution >= 0.6 is 0 Å². The number of nitrogens with one attached hydrogen (secondary N) is 1. The van der Waals surface area contributed by atoms with Crippen LogP contribution in [0, 0.1) is 0 Å². The van der Waals surface area contributed by atoms with Crippen molar-refractivity contribution in [1.82, 2.24) is 5.32 Å². The molecule has 0 aromatic rings. The largest absolute Gasteiger partial charge is 0.381 e. The molecule has 0 aliphatic heterocycles. The van der Waals surface area contributed by atoms with Crippen LogP contribution in [0.2, 0.25) is 0 Å². The number of aliphatic hydroxyl groups excluding tert-OH is 1. The van der Waals surface area contributed by atoms with Gasteiger partial charge in [0.05, 0.1) is 0 Å². The number of hydrogen-bond donors (Lipinski definition) is 2. The first-order chi connectivity index (χ1) is 7.09. The lowest BCUT2D eigenvalue weighted by atomic mass is 10.3. The van der Waals surface area contributed by atoms with E-state index < -0.39 is 0 Å². The standard InChI is InChI=1S/C6H14O.C5H9NO2/c1-3-5-7-6-4-2;1-4(2)5(8)6-3-7/h3-6H2,1-2H3;7H,1,3H2,2H3,(H,6,8). The van der Waals surface area contributed by atoms with Crippen molar-refractivity contribution in [2.24, 2.45) is 0 Å². The fourth-order valence-corrected chi connectivity index (χ4v) is 0.613. The lowest BCUT2D eigenvalue weighted by molar-refractivity contribution is -0.118. The molecule has 0 rings (SSSR count). The van der Waals surface area contributed by atoms with Gasteiger partial charge >= 0.3 is 0 Å². The maximum atomic E-state index is 10.4. The number of ether oxygens (including phenoxy) is 1. The van der Waals surface area contributed by atoms with Crippen LogP contribution in [0.3, 0.4) is 0 Å². The summed E-state index contributed by atoms with van der Waals surface area (Å²) in [5.41, 5.74) is 0.402. The third-order valence-corrected chi connectivity index (χ3v) is 1.32. The Morgan fingerprint density at radius 2 is 1.80 bits per heavy atom. The number of aliphatic hydroxyl groups is 1. The van der Waals surface area contributed by atoms with Crippen LogP contribution < -0.4 is 5.32 Å². The van der Waals surface area contributed by atoms with Crippen LogP contribution in [0.25, 0.3) is 0 Å². The Kier molecular flexibility index (Phi) is 14.5. The lowest BCUT2D eigenvalue weighted by Crippen LogP contribution is -2.24. The highest BCUT2D eigenvalue weighted by Crippen LogP contribution is 1.82. The molecule has 0 fully saturated rings. The highest BCUT2D eigenvalue weighted by Gasteiger charge is 1.95. The zero-order valence-corrected chi connectivity index (χ0v) is 10.0. The van der Waals surface area contributed by atoms with E-state index in [9.17, 15) is 4.79 Å². The predicted molar refractivity (Wildman–Crippen MR) is 61.4 cm³/mol. The van der Waals surface area contributed by atoms with Crippen LogP contribution in [-0.2, 0) is 9.53 Å². The molecule has 0 saturated carbocycles. The van der Waals surface area contributed by atoms with Crippen LogP contribution in [-0.4, -0.2) is 31.0 Å². The second-order valence-electron chi connectivity index (χ2n) is 3.06. The van der Waals surface area contributed by atoms with Gasteiger partial charge < -0.3 is 15.2 Å². The van der Waals surface area contributed by atoms with Crippen molar-refractivity contribution in [2.45, 2.75) is 33.6 Å². The molecule has 0 aliphatic rings. The maximum Gasteiger partial charge on any atom is 0.248 e. The van der Waals surface area contributed by atoms with Gasteiger partial charge in [-0.15, -0.1) is 0 Å². The van der Waals surface area contributed by atoms with Gasteiger partial charge in [-0.05, 0) is 19.8 Å². The fourth-order valence-electron chi connectivity index (χ4n) is 0.613. The van der Waals surface area contributed by atoms with Gasteiger partial charge in [0.15, 0.2) is 0 Å². The minimum Gasteiger partial charge on any atom is -0.381 e. The number of amides is 1. The Morgan fingerprint density at radius 1 is 1.33 bits per heavy atom. The van der Waals surface area contributed by atoms with E-state index in [1.54, 1.807) is 6.92 Å². The smallest absolute Gasteiger partial charge is 0.248 e. The van der Waals surface area contributed by atoms with E-state index in [1.807, 2.05) is 0 Å². The van der Waals surface area contributed by atoms with Crippen molar-refractivity contribution in [1.29, 1.82) is 0 Å². The Morgan fingerprint density at radius 3 is 2.00 bits per heavy atom. The number of carbonyl (C=O) groups is 1. The number of rotatable bonds is 6. The molecule has 90 valence electrons. The molecule has 0 aromatic carbocycles. The molecule has 4 heteroatoms. The highest BCUT2D eigenvalue weighted by molar-refractivity contribution is 5.91. The summed E-state index contributed by atoms with van der Waals surface area (Å²) in [4.78, 5) is 10.4. The summed E-state index contributed by atoms with van der Waals surface area (Å²) in [7, 11) is 0. The minimum absolute atomic E-state index is 0.312. The van der Waals surface area contributed by atoms with Gasteiger partial charge in [0.1, 0.15) is 6.73 Å². The van der Waals surface area contributed by atoms with E-state index in [2.05, 4.69) is 25.7 Å². The van der Waals surface area contributed by atoms with Gasteiger partial charge in [0, 0.05) is 18.8 Å². The molecule has 0 aliphatic carbocycles. The quantitative estimate of drug-likeness (QED) is 0.402. The fraction of sp³-hybridized carbons (Fsp3) is 0.727. The van der Waals surface area contributed by atoms with E-state index in [4.69, 9.17) is 9.84 Å². The van der Waals surface area contributed by atoms with E-state index in [0.717, 1.165) is 26.1 Å². The van der Waals surface area contributed by atoms with Crippen molar-refractivity contribution in [2.75, 3.05) is 19.9 Å². The molecule has 0 bridgehead atoms. The Hall–Kier alpha value is -0.870. The third kappa shape index (κ3) is 15.9. The Labute approximate surface area is 92.3 Å². The minimum atomic E-state index is -0.328. The molecule has 15 heavy (non-hydrogen) atoms. The van der Waals surface area contributed by atoms with Crippen molar-refractivity contribution in [3.63, 3.8) is 0 Å². The molecule has 0 heterocycles. The molecule has 0 unspecified atom stereocenters. The molecule has 2 N–H and O–H groups in total. The van der Waals surface area contributed by atoms with Crippen molar-refractivity contribution < 1.29 is 14.6 Å². The molecule has 0 atom stereocenters. The third-order valence-electron chi connectivity index (χ3n) is 1.32. The summed E-state index contributed by atoms with van der Waals surface area (Å²) in [6, 6.07) is 0. The Bertz CT molecular complexity index is 165. The van der Waals surface area contributed by atoms with Gasteiger partial charge in [0.25, 0.3) is 0 Å². The molecular formula is C11H23NO3. The monoisotopic (exact) mass is 217 g/mol. The summed E-state index contributed by atoms with van der Waals surface area (Å²) in [5.74, 6) is -0.312. The van der Waals surface area contributed by atoms with Crippen molar-refractivity contribution in [3.8, 4) is 0 Å². The van der Waals surface area contributed by atoms with Crippen LogP contribution in [0.4, 0.5) is 0 Å². The molecule has 0 spiro atoms. The molecule has 0 aromatic heterocycles. The lowest BCUT2D eigenvalue weighted by Gasteiger charge is -1.96. The first-order valence-corrected chi connectivity index (χ1v) is 5.22. The average molecular weight is 217 g/mol. The van der Waals surface area contributed by atoms with Crippen molar-refractivity contribution >= 4 is 5.91 Å². The Balaban J connectivity index is 0. The van der Waals surface area contributed by atoms with E-state index in [-0.39, 0.29) is 12.6 Å². The maximum absolute atomic E-state index is 10.4. The van der Waals surface area contributed by atoms with Crippen LogP contribution in [0.1, 0.15) is 33.6 Å². The molecular weight excluding hydrogens is 194 g/mol. The normalized spacial score (nSPS) is 8.80. The predicted octanol–water partition coefficient (Wildman–Crippen LogP) is 1.45. The van der Waals surface area contributed by atoms with E-state index in [0.29, 0.717) is 5.57 Å². The second kappa shape index (κ2) is 13.1. The molecule has 1 amide bonds. The first-order valence-electron chi connectivity index (χ1n) is 5.22. The molecule has 0 saturated heterocycles. The second-order valence-corrected chi connectivity index (χ2v) is 3.06. The average Bonchev–Trinajstić information content (AvgIpc) is 2.20. The van der Waals surface area contributed by atoms with Crippen LogP contribution in [0.5, 0.6) is 0 Å². The first kappa shape index (κ1) is 16.6. The van der Waals surface area contributed by atoms with Gasteiger partial charge in [-0.2, -0.15) is 0 Å². The summed E-state index contributed by atoms with van der Waals surface area (Å²) in [6.45, 7) is 10.7. The summed E-state index contributed by atoms with van der Waals surface area (Å²) in [5, 5.41) is 10.3. The zero-order chi connectivity index (χ0) is 12.1. The van der Waals surface area contributed by atoms with Gasteiger partial charge in [-0.1, -0.05) is 20.4 Å². The summed E-state index contributed by atoms with van der Waals surface area (Å²) < 4.78 is 5.13. The number of hydrogen-bond acceptors (Lipinski definition) is 3. The van der Waals surface area contributed by atoms with Crippen LogP contribution in [0.15, 0.2) is 12.2 Å². The van der Waals surface area contributed by atoms with E-state index >= 15 is 0 Å². The van der Waals surface area contributed by atoms with Gasteiger partial charge in [0.2, 0.25) is 5.91 Å². The molecule has 0 radical (unpaired) electrons. The molecule has 4 nitrogen and oxygen atoms in total. The summed E-state index contributed by atoms with van der Waals surface area (Å²) >= 11 is 0. The van der Waals surface area contributed by atoms with Gasteiger partial charge in [-0.3, -0.25) is 4.79 Å². The van der Waals surface area contributed by atoms with Gasteiger partial charge in [-0.25, -0.2) is 0 Å². The van der Waals surface area contributed by atoms with Crippen molar-refractivity contribution in [3.05, 3.63) is 12.2 Å². The SMILES string of the molecule is C=C(C)C(=O)NCO.CCCOCCC. The van der Waals surface area contributed by atoms with E-state index in [1.165, 1.54) is 0 Å². The summed E-state index contributed by atoms with van der Waals surface area (Å²) in [6.07, 6.45) is 2.28. The highest BCUT2D eigenvalue weighted by atomic mass is 16.5. The topological polar surface area (TPSA) is 58.6 Å². The zero-order valence-electron chi connectivity index (χ0n) is 10.0. The number of carbonyl (C=O) groups excluding carboxylic acids is 1.